The number of rotatable bonds is 7. The Balaban J connectivity index is 1.55. The molecular formula is C22H28FN3O4S. The number of amides is 2. The molecule has 0 bridgehead atoms. The van der Waals surface area contributed by atoms with E-state index in [0.29, 0.717) is 42.0 Å². The molecule has 9 heteroatoms. The molecule has 0 aliphatic heterocycles. The summed E-state index contributed by atoms with van der Waals surface area (Å²) >= 11 is 0. The smallest absolute Gasteiger partial charge is 0.332 e. The van der Waals surface area contributed by atoms with Gasteiger partial charge in [-0.1, -0.05) is 12.8 Å². The van der Waals surface area contributed by atoms with Gasteiger partial charge in [-0.25, -0.2) is 22.9 Å². The van der Waals surface area contributed by atoms with Gasteiger partial charge in [0.05, 0.1) is 11.9 Å². The maximum Gasteiger partial charge on any atom is 0.332 e. The molecular weight excluding hydrogens is 421 g/mol. The highest BCUT2D eigenvalue weighted by Gasteiger charge is 2.28. The molecule has 1 heterocycles. The van der Waals surface area contributed by atoms with E-state index in [1.165, 1.54) is 45.1 Å². The van der Waals surface area contributed by atoms with Crippen LogP contribution in [-0.4, -0.2) is 15.3 Å². The van der Waals surface area contributed by atoms with Crippen LogP contribution < -0.4 is 10.0 Å². The maximum atomic E-state index is 14.6. The summed E-state index contributed by atoms with van der Waals surface area (Å²) in [5, 5.41) is 12.5. The van der Waals surface area contributed by atoms with E-state index in [2.05, 4.69) is 10.0 Å². The lowest BCUT2D eigenvalue weighted by molar-refractivity contribution is 0.0779. The molecule has 0 radical (unpaired) electrons. The number of hydrogen-bond donors (Lipinski definition) is 4. The molecule has 1 aromatic heterocycles. The predicted molar refractivity (Wildman–Crippen MR) is 115 cm³/mol. The summed E-state index contributed by atoms with van der Waals surface area (Å²) in [4.78, 5) is 12.7. The first kappa shape index (κ1) is 21.8. The lowest BCUT2D eigenvalue weighted by atomic mass is 9.98. The molecule has 2 amide bonds. The topological polar surface area (TPSA) is 115 Å². The van der Waals surface area contributed by atoms with Gasteiger partial charge in [0.15, 0.2) is 9.92 Å². The van der Waals surface area contributed by atoms with Gasteiger partial charge in [0, 0.05) is 17.3 Å². The zero-order chi connectivity index (χ0) is 22.4. The summed E-state index contributed by atoms with van der Waals surface area (Å²) in [6.45, 7) is 3.07. The van der Waals surface area contributed by atoms with Gasteiger partial charge in [-0.2, -0.15) is 0 Å². The number of halogens is 1. The fourth-order valence-corrected chi connectivity index (χ4v) is 4.91. The second kappa shape index (κ2) is 7.94. The third kappa shape index (κ3) is 4.77. The van der Waals surface area contributed by atoms with Gasteiger partial charge in [-0.15, -0.1) is 0 Å². The standard InChI is InChI=1S/C22H28FN3O4S/c1-22(2,28)15-11-19(30-12-15)31(24,29)26-21(27)25-20-14(9-8-13-6-7-13)10-18(23)16-4-3-5-17(16)20/h10-13,28H,3-9H2,1-2H3,(H3,24,25,26,27,29). The fourth-order valence-electron chi connectivity index (χ4n) is 4.02. The van der Waals surface area contributed by atoms with E-state index in [9.17, 15) is 18.5 Å². The van der Waals surface area contributed by atoms with Crippen LogP contribution in [0.1, 0.15) is 61.8 Å². The second-order valence-corrected chi connectivity index (χ2v) is 10.7. The lowest BCUT2D eigenvalue weighted by Crippen LogP contribution is -2.34. The number of fused-ring (bicyclic) bond motifs is 1. The van der Waals surface area contributed by atoms with E-state index in [0.717, 1.165) is 24.0 Å². The highest BCUT2D eigenvalue weighted by atomic mass is 32.2. The molecule has 1 aromatic carbocycles. The van der Waals surface area contributed by atoms with Crippen LogP contribution in [-0.2, 0) is 34.8 Å². The van der Waals surface area contributed by atoms with Crippen molar-refractivity contribution in [1.29, 1.82) is 4.78 Å². The molecule has 1 saturated carbocycles. The third-order valence-electron chi connectivity index (χ3n) is 5.99. The summed E-state index contributed by atoms with van der Waals surface area (Å²) in [7, 11) is -3.78. The van der Waals surface area contributed by atoms with E-state index in [4.69, 9.17) is 9.20 Å². The van der Waals surface area contributed by atoms with E-state index in [1.807, 2.05) is 0 Å². The van der Waals surface area contributed by atoms with E-state index >= 15 is 0 Å². The summed E-state index contributed by atoms with van der Waals surface area (Å²) in [6, 6.07) is 1.99. The van der Waals surface area contributed by atoms with Crippen molar-refractivity contribution in [2.75, 3.05) is 5.32 Å². The minimum atomic E-state index is -3.78. The molecule has 1 unspecified atom stereocenters. The molecule has 31 heavy (non-hydrogen) atoms. The molecule has 0 spiro atoms. The number of carbonyl (C=O) groups is 1. The molecule has 2 aromatic rings. The predicted octanol–water partition coefficient (Wildman–Crippen LogP) is 4.62. The van der Waals surface area contributed by atoms with Crippen LogP contribution in [0.3, 0.4) is 0 Å². The molecule has 4 rings (SSSR count). The number of furan rings is 1. The van der Waals surface area contributed by atoms with Crippen molar-refractivity contribution in [1.82, 2.24) is 4.72 Å². The maximum absolute atomic E-state index is 14.6. The summed E-state index contributed by atoms with van der Waals surface area (Å²) in [5.74, 6) is 0.428. The Morgan fingerprint density at radius 3 is 2.68 bits per heavy atom. The van der Waals surface area contributed by atoms with Crippen LogP contribution in [0.15, 0.2) is 27.9 Å². The van der Waals surface area contributed by atoms with Crippen molar-refractivity contribution >= 4 is 21.6 Å². The number of nitrogens with one attached hydrogen (secondary N) is 3. The zero-order valence-electron chi connectivity index (χ0n) is 17.7. The minimum absolute atomic E-state index is 0.233. The highest BCUT2D eigenvalue weighted by molar-refractivity contribution is 7.91. The zero-order valence-corrected chi connectivity index (χ0v) is 18.5. The molecule has 0 saturated heterocycles. The summed E-state index contributed by atoms with van der Waals surface area (Å²) in [6.07, 6.45) is 7.30. The summed E-state index contributed by atoms with van der Waals surface area (Å²) in [5.41, 5.74) is 1.84. The van der Waals surface area contributed by atoms with Crippen LogP contribution in [0.4, 0.5) is 14.9 Å². The average Bonchev–Trinajstić information content (AvgIpc) is 3.15. The number of anilines is 1. The van der Waals surface area contributed by atoms with E-state index in [1.54, 1.807) is 0 Å². The van der Waals surface area contributed by atoms with Crippen LogP contribution in [0.25, 0.3) is 0 Å². The largest absolute Gasteiger partial charge is 0.452 e. The van der Waals surface area contributed by atoms with Crippen molar-refractivity contribution < 1.29 is 22.9 Å². The molecule has 2 aliphatic carbocycles. The molecule has 7 nitrogen and oxygen atoms in total. The Hall–Kier alpha value is -2.39. The number of aliphatic hydroxyl groups is 1. The van der Waals surface area contributed by atoms with Gasteiger partial charge in [-0.3, -0.25) is 0 Å². The fraction of sp³-hybridized carbons (Fsp3) is 0.500. The Labute approximate surface area is 181 Å². The molecule has 168 valence electrons. The first-order chi connectivity index (χ1) is 14.5. The molecule has 4 N–H and O–H groups in total. The molecule has 1 atom stereocenters. The third-order valence-corrected chi connectivity index (χ3v) is 7.24. The number of aryl methyl sites for hydroxylation is 1. The van der Waals surface area contributed by atoms with E-state index < -0.39 is 21.5 Å². The SMILES string of the molecule is CC(C)(O)c1coc(S(=N)(=O)NC(=O)Nc2c(CCC3CC3)cc(F)c3c2CCC3)c1. The minimum Gasteiger partial charge on any atom is -0.452 e. The van der Waals surface area contributed by atoms with Crippen molar-refractivity contribution in [2.45, 2.75) is 69.5 Å². The van der Waals surface area contributed by atoms with Gasteiger partial charge >= 0.3 is 6.03 Å². The van der Waals surface area contributed by atoms with Crippen LogP contribution in [0, 0.1) is 16.5 Å². The average molecular weight is 450 g/mol. The first-order valence-corrected chi connectivity index (χ1v) is 12.1. The van der Waals surface area contributed by atoms with Crippen molar-refractivity contribution in [3.05, 3.63) is 46.5 Å². The number of benzene rings is 1. The lowest BCUT2D eigenvalue weighted by Gasteiger charge is -2.17. The van der Waals surface area contributed by atoms with Gasteiger partial charge < -0.3 is 14.8 Å². The van der Waals surface area contributed by atoms with Crippen LogP contribution in [0.2, 0.25) is 0 Å². The van der Waals surface area contributed by atoms with Crippen LogP contribution in [0.5, 0.6) is 0 Å². The van der Waals surface area contributed by atoms with E-state index in [-0.39, 0.29) is 10.9 Å². The quantitative estimate of drug-likeness (QED) is 0.494. The first-order valence-electron chi connectivity index (χ1n) is 10.6. The Morgan fingerprint density at radius 1 is 1.32 bits per heavy atom. The monoisotopic (exact) mass is 449 g/mol. The second-order valence-electron chi connectivity index (χ2n) is 9.01. The highest BCUT2D eigenvalue weighted by Crippen LogP contribution is 2.38. The van der Waals surface area contributed by atoms with Gasteiger partial charge in [-0.05, 0) is 74.6 Å². The normalized spacial score (nSPS) is 17.8. The van der Waals surface area contributed by atoms with Crippen molar-refractivity contribution in [2.24, 2.45) is 5.92 Å². The van der Waals surface area contributed by atoms with Gasteiger partial charge in [0.25, 0.3) is 0 Å². The molecule has 2 aliphatic rings. The van der Waals surface area contributed by atoms with Gasteiger partial charge in [0.2, 0.25) is 5.09 Å². The Bertz CT molecular complexity index is 1110. The van der Waals surface area contributed by atoms with Crippen molar-refractivity contribution in [3.8, 4) is 0 Å². The molecule has 1 fully saturated rings. The van der Waals surface area contributed by atoms with Crippen LogP contribution >= 0.6 is 0 Å². The van der Waals surface area contributed by atoms with Crippen molar-refractivity contribution in [3.63, 3.8) is 0 Å². The number of urea groups is 1. The summed E-state index contributed by atoms with van der Waals surface area (Å²) < 4.78 is 42.8. The Kier molecular flexibility index (Phi) is 5.59. The number of hydrogen-bond acceptors (Lipinski definition) is 5. The Morgan fingerprint density at radius 2 is 2.03 bits per heavy atom. The number of carbonyl (C=O) groups excluding carboxylic acids is 1. The van der Waals surface area contributed by atoms with Gasteiger partial charge in [0.1, 0.15) is 5.82 Å².